The lowest BCUT2D eigenvalue weighted by molar-refractivity contribution is -0.128. The number of thiocarbonyl (C=S) groups is 1. The number of rotatable bonds is 5. The van der Waals surface area contributed by atoms with Gasteiger partial charge in [0.15, 0.2) is 5.78 Å². The monoisotopic (exact) mass is 482 g/mol. The molecule has 0 spiro atoms. The molecular formula is C25H30N4O2S2. The van der Waals surface area contributed by atoms with Gasteiger partial charge in [0.05, 0.1) is 5.75 Å². The first-order valence-corrected chi connectivity index (χ1v) is 12.8. The third-order valence-electron chi connectivity index (χ3n) is 6.25. The number of benzene rings is 2. The zero-order chi connectivity index (χ0) is 23.2. The molecule has 4 rings (SSSR count). The summed E-state index contributed by atoms with van der Waals surface area (Å²) in [4.78, 5) is 33.0. The van der Waals surface area contributed by atoms with Gasteiger partial charge in [-0.25, -0.2) is 0 Å². The fraction of sp³-hybridized carbons (Fsp3) is 0.400. The molecule has 0 bridgehead atoms. The van der Waals surface area contributed by atoms with Gasteiger partial charge in [-0.2, -0.15) is 0 Å². The van der Waals surface area contributed by atoms with Crippen LogP contribution in [0.3, 0.4) is 0 Å². The Bertz CT molecular complexity index is 968. The maximum atomic E-state index is 12.7. The molecule has 0 radical (unpaired) electrons. The molecule has 2 aromatic carbocycles. The van der Waals surface area contributed by atoms with Crippen LogP contribution in [0.1, 0.15) is 17.3 Å². The van der Waals surface area contributed by atoms with Gasteiger partial charge in [-0.3, -0.25) is 9.59 Å². The minimum absolute atomic E-state index is 0.0745. The summed E-state index contributed by atoms with van der Waals surface area (Å²) in [5.41, 5.74) is 3.07. The Labute approximate surface area is 205 Å². The highest BCUT2D eigenvalue weighted by Crippen LogP contribution is 2.20. The Balaban J connectivity index is 1.18. The van der Waals surface area contributed by atoms with Gasteiger partial charge in [0, 0.05) is 69.3 Å². The number of amides is 1. The van der Waals surface area contributed by atoms with Gasteiger partial charge < -0.3 is 19.6 Å². The van der Waals surface area contributed by atoms with Crippen LogP contribution in [-0.4, -0.2) is 83.9 Å². The van der Waals surface area contributed by atoms with Gasteiger partial charge in [0.1, 0.15) is 4.32 Å². The van der Waals surface area contributed by atoms with E-state index in [0.717, 1.165) is 54.8 Å². The maximum absolute atomic E-state index is 12.7. The van der Waals surface area contributed by atoms with Crippen molar-refractivity contribution in [2.75, 3.05) is 67.9 Å². The lowest BCUT2D eigenvalue weighted by atomic mass is 10.1. The van der Waals surface area contributed by atoms with Crippen molar-refractivity contribution in [2.45, 2.75) is 6.92 Å². The van der Waals surface area contributed by atoms with Gasteiger partial charge >= 0.3 is 0 Å². The second-order valence-corrected chi connectivity index (χ2v) is 9.94. The number of hydrogen-bond acceptors (Lipinski definition) is 6. The van der Waals surface area contributed by atoms with Crippen molar-refractivity contribution in [3.05, 3.63) is 60.2 Å². The van der Waals surface area contributed by atoms with E-state index in [-0.39, 0.29) is 11.7 Å². The average molecular weight is 483 g/mol. The lowest BCUT2D eigenvalue weighted by Crippen LogP contribution is -2.50. The summed E-state index contributed by atoms with van der Waals surface area (Å²) in [7, 11) is 0. The van der Waals surface area contributed by atoms with Crippen molar-refractivity contribution >= 4 is 51.4 Å². The van der Waals surface area contributed by atoms with Crippen molar-refractivity contribution in [2.24, 2.45) is 0 Å². The molecule has 0 aliphatic carbocycles. The number of nitrogens with zero attached hydrogens (tertiary/aromatic N) is 4. The van der Waals surface area contributed by atoms with E-state index in [9.17, 15) is 9.59 Å². The zero-order valence-electron chi connectivity index (χ0n) is 19.0. The predicted octanol–water partition coefficient (Wildman–Crippen LogP) is 3.38. The van der Waals surface area contributed by atoms with E-state index in [4.69, 9.17) is 12.2 Å². The highest BCUT2D eigenvalue weighted by atomic mass is 32.2. The second-order valence-electron chi connectivity index (χ2n) is 8.34. The summed E-state index contributed by atoms with van der Waals surface area (Å²) in [6.07, 6.45) is 0. The Kier molecular flexibility index (Phi) is 7.88. The van der Waals surface area contributed by atoms with E-state index in [0.29, 0.717) is 18.8 Å². The maximum Gasteiger partial charge on any atom is 0.233 e. The molecule has 174 valence electrons. The van der Waals surface area contributed by atoms with Crippen LogP contribution in [0.25, 0.3) is 0 Å². The number of Topliss-reactive ketones (excluding diaryl/α,β-unsaturated/α-hetero) is 1. The van der Waals surface area contributed by atoms with Gasteiger partial charge in [-0.05, 0) is 43.3 Å². The first-order valence-electron chi connectivity index (χ1n) is 11.4. The topological polar surface area (TPSA) is 47.1 Å². The van der Waals surface area contributed by atoms with Crippen LogP contribution < -0.4 is 9.80 Å². The third-order valence-corrected chi connectivity index (χ3v) is 7.76. The second kappa shape index (κ2) is 11.0. The summed E-state index contributed by atoms with van der Waals surface area (Å²) < 4.78 is 0.820. The van der Waals surface area contributed by atoms with E-state index in [1.165, 1.54) is 17.4 Å². The van der Waals surface area contributed by atoms with Crippen molar-refractivity contribution in [3.63, 3.8) is 0 Å². The third kappa shape index (κ3) is 6.06. The summed E-state index contributed by atoms with van der Waals surface area (Å²) in [6, 6.07) is 18.2. The number of hydrogen-bond donors (Lipinski definition) is 0. The van der Waals surface area contributed by atoms with E-state index < -0.39 is 0 Å². The van der Waals surface area contributed by atoms with E-state index in [1.54, 1.807) is 6.92 Å². The van der Waals surface area contributed by atoms with Crippen LogP contribution in [0.15, 0.2) is 54.6 Å². The molecule has 0 atom stereocenters. The molecule has 33 heavy (non-hydrogen) atoms. The van der Waals surface area contributed by atoms with Crippen LogP contribution in [0.4, 0.5) is 11.4 Å². The molecule has 2 aromatic rings. The van der Waals surface area contributed by atoms with Crippen molar-refractivity contribution in [3.8, 4) is 0 Å². The Hall–Kier alpha value is -2.58. The number of thioether (sulfide) groups is 1. The smallest absolute Gasteiger partial charge is 0.233 e. The molecule has 0 unspecified atom stereocenters. The zero-order valence-corrected chi connectivity index (χ0v) is 20.6. The highest BCUT2D eigenvalue weighted by Gasteiger charge is 2.24. The first-order chi connectivity index (χ1) is 16.0. The summed E-state index contributed by atoms with van der Waals surface area (Å²) in [5.74, 6) is 0.618. The predicted molar refractivity (Wildman–Crippen MR) is 141 cm³/mol. The molecule has 0 saturated carbocycles. The largest absolute Gasteiger partial charge is 0.368 e. The van der Waals surface area contributed by atoms with Crippen LogP contribution >= 0.6 is 24.0 Å². The number of para-hydroxylation sites is 1. The van der Waals surface area contributed by atoms with Gasteiger partial charge in [-0.1, -0.05) is 42.2 Å². The molecule has 0 N–H and O–H groups in total. The average Bonchev–Trinajstić information content (AvgIpc) is 2.88. The van der Waals surface area contributed by atoms with E-state index in [2.05, 4.69) is 39.0 Å². The number of anilines is 2. The molecular weight excluding hydrogens is 452 g/mol. The lowest BCUT2D eigenvalue weighted by Gasteiger charge is -2.38. The Morgan fingerprint density at radius 2 is 1.27 bits per heavy atom. The summed E-state index contributed by atoms with van der Waals surface area (Å²) in [6.45, 7) is 8.22. The van der Waals surface area contributed by atoms with Crippen molar-refractivity contribution < 1.29 is 9.59 Å². The fourth-order valence-corrected chi connectivity index (χ4v) is 5.37. The molecule has 2 aliphatic heterocycles. The molecule has 2 aliphatic rings. The van der Waals surface area contributed by atoms with E-state index in [1.807, 2.05) is 35.2 Å². The molecule has 1 amide bonds. The Morgan fingerprint density at radius 3 is 1.82 bits per heavy atom. The van der Waals surface area contributed by atoms with Crippen LogP contribution in [-0.2, 0) is 4.79 Å². The van der Waals surface area contributed by atoms with Crippen LogP contribution in [0.5, 0.6) is 0 Å². The summed E-state index contributed by atoms with van der Waals surface area (Å²) >= 11 is 7.11. The normalized spacial score (nSPS) is 16.6. The van der Waals surface area contributed by atoms with Crippen LogP contribution in [0.2, 0.25) is 0 Å². The number of piperazine rings is 2. The van der Waals surface area contributed by atoms with Crippen molar-refractivity contribution in [1.29, 1.82) is 0 Å². The number of carbonyl (C=O) groups excluding carboxylic acids is 2. The van der Waals surface area contributed by atoms with E-state index >= 15 is 0 Å². The minimum Gasteiger partial charge on any atom is -0.368 e. The standard InChI is InChI=1S/C25H30N4O2S2/c1-20(30)21-7-9-23(10-8-21)27-11-15-28(16-12-27)24(31)19-33-25(32)29-17-13-26(14-18-29)22-5-3-2-4-6-22/h2-10H,11-19H2,1H3. The van der Waals surface area contributed by atoms with Gasteiger partial charge in [0.25, 0.3) is 0 Å². The van der Waals surface area contributed by atoms with Gasteiger partial charge in [0.2, 0.25) is 5.91 Å². The molecule has 2 saturated heterocycles. The van der Waals surface area contributed by atoms with Gasteiger partial charge in [-0.15, -0.1) is 0 Å². The molecule has 0 aromatic heterocycles. The highest BCUT2D eigenvalue weighted by molar-refractivity contribution is 8.23. The SMILES string of the molecule is CC(=O)c1ccc(N2CCN(C(=O)CSC(=S)N3CCN(c4ccccc4)CC3)CC2)cc1. The first kappa shape index (κ1) is 23.6. The Morgan fingerprint density at radius 1 is 0.758 bits per heavy atom. The quantitative estimate of drug-likeness (QED) is 0.478. The fourth-order valence-electron chi connectivity index (χ4n) is 4.21. The molecule has 2 fully saturated rings. The molecule has 8 heteroatoms. The molecule has 2 heterocycles. The number of carbonyl (C=O) groups is 2. The van der Waals surface area contributed by atoms with Crippen LogP contribution in [0, 0.1) is 0 Å². The minimum atomic E-state index is 0.0745. The van der Waals surface area contributed by atoms with Crippen molar-refractivity contribution in [1.82, 2.24) is 9.80 Å². The summed E-state index contributed by atoms with van der Waals surface area (Å²) in [5, 5.41) is 0. The molecule has 6 nitrogen and oxygen atoms in total. The number of ketones is 1.